The molecule has 1 saturated heterocycles. The molecule has 0 radical (unpaired) electrons. The molecule has 1 aliphatic heterocycles. The van der Waals surface area contributed by atoms with Gasteiger partial charge in [0, 0.05) is 16.6 Å². The van der Waals surface area contributed by atoms with Gasteiger partial charge in [0.15, 0.2) is 0 Å². The summed E-state index contributed by atoms with van der Waals surface area (Å²) in [5.41, 5.74) is 0. The summed E-state index contributed by atoms with van der Waals surface area (Å²) in [4.78, 5) is 0. The van der Waals surface area contributed by atoms with Crippen LogP contribution in [0.4, 0.5) is 4.39 Å². The van der Waals surface area contributed by atoms with E-state index in [1.807, 2.05) is 0 Å². The molecule has 5 heteroatoms. The maximum Gasteiger partial charge on any atom is 0.128 e. The van der Waals surface area contributed by atoms with E-state index in [1.54, 1.807) is 6.07 Å². The summed E-state index contributed by atoms with van der Waals surface area (Å²) in [6.45, 7) is 1.66. The van der Waals surface area contributed by atoms with Crippen molar-refractivity contribution < 1.29 is 9.13 Å². The molecule has 1 atom stereocenters. The first-order valence-corrected chi connectivity index (χ1v) is 6.35. The normalized spacial score (nSPS) is 19.5. The van der Waals surface area contributed by atoms with Crippen LogP contribution in [0.3, 0.4) is 0 Å². The zero-order chi connectivity index (χ0) is 11.4. The highest BCUT2D eigenvalue weighted by molar-refractivity contribution is 9.10. The summed E-state index contributed by atoms with van der Waals surface area (Å²) in [5.74, 6) is 0.306. The van der Waals surface area contributed by atoms with E-state index in [1.165, 1.54) is 25.0 Å². The highest BCUT2D eigenvalue weighted by atomic mass is 79.9. The molecule has 1 aliphatic rings. The van der Waals surface area contributed by atoms with Crippen molar-refractivity contribution in [1.29, 1.82) is 0 Å². The quantitative estimate of drug-likeness (QED) is 0.918. The Bertz CT molecular complexity index is 338. The lowest BCUT2D eigenvalue weighted by molar-refractivity contribution is 0.238. The van der Waals surface area contributed by atoms with Crippen LogP contribution < -0.4 is 10.1 Å². The van der Waals surface area contributed by atoms with E-state index in [9.17, 15) is 4.39 Å². The number of halogens is 3. The summed E-state index contributed by atoms with van der Waals surface area (Å²) < 4.78 is 19.4. The first kappa shape index (κ1) is 14.7. The number of hydrogen-bond donors (Lipinski definition) is 1. The van der Waals surface area contributed by atoms with Crippen LogP contribution in [0.25, 0.3) is 0 Å². The molecule has 1 aromatic rings. The van der Waals surface area contributed by atoms with Crippen molar-refractivity contribution in [2.45, 2.75) is 25.3 Å². The summed E-state index contributed by atoms with van der Waals surface area (Å²) >= 11 is 3.24. The number of hydrogen-bond acceptors (Lipinski definition) is 2. The van der Waals surface area contributed by atoms with Crippen LogP contribution in [0.5, 0.6) is 5.75 Å². The highest BCUT2D eigenvalue weighted by Gasteiger charge is 2.13. The standard InChI is InChI=1S/C12H15BrFNO.ClH/c13-9-5-10(14)7-12(6-9)16-8-11-3-1-2-4-15-11;/h5-7,11,15H,1-4,8H2;1H/t11-;/m1./s1. The summed E-state index contributed by atoms with van der Waals surface area (Å²) in [6.07, 6.45) is 3.62. The van der Waals surface area contributed by atoms with Gasteiger partial charge in [0.1, 0.15) is 18.2 Å². The molecule has 0 amide bonds. The maximum atomic E-state index is 13.1. The van der Waals surface area contributed by atoms with E-state index in [0.717, 1.165) is 13.0 Å². The zero-order valence-corrected chi connectivity index (χ0v) is 11.8. The molecule has 2 nitrogen and oxygen atoms in total. The molecule has 17 heavy (non-hydrogen) atoms. The molecule has 0 aliphatic carbocycles. The molecule has 1 heterocycles. The molecule has 96 valence electrons. The number of piperidine rings is 1. The van der Waals surface area contributed by atoms with E-state index in [0.29, 0.717) is 22.9 Å². The number of ether oxygens (including phenoxy) is 1. The monoisotopic (exact) mass is 323 g/mol. The number of nitrogens with one attached hydrogen (secondary N) is 1. The second-order valence-electron chi connectivity index (χ2n) is 4.06. The Hall–Kier alpha value is -0.320. The average Bonchev–Trinajstić information content (AvgIpc) is 2.27. The van der Waals surface area contributed by atoms with E-state index in [4.69, 9.17) is 4.74 Å². The van der Waals surface area contributed by atoms with Crippen molar-refractivity contribution in [2.75, 3.05) is 13.2 Å². The van der Waals surface area contributed by atoms with Gasteiger partial charge >= 0.3 is 0 Å². The fraction of sp³-hybridized carbons (Fsp3) is 0.500. The van der Waals surface area contributed by atoms with Crippen molar-refractivity contribution >= 4 is 28.3 Å². The number of benzene rings is 1. The van der Waals surface area contributed by atoms with Crippen LogP contribution >= 0.6 is 28.3 Å². The molecular weight excluding hydrogens is 308 g/mol. The fourth-order valence-corrected chi connectivity index (χ4v) is 2.32. The zero-order valence-electron chi connectivity index (χ0n) is 9.42. The second kappa shape index (κ2) is 7.19. The summed E-state index contributed by atoms with van der Waals surface area (Å²) in [6, 6.07) is 5.02. The van der Waals surface area contributed by atoms with Gasteiger partial charge in [-0.1, -0.05) is 22.4 Å². The smallest absolute Gasteiger partial charge is 0.128 e. The van der Waals surface area contributed by atoms with Crippen LogP contribution in [-0.4, -0.2) is 19.2 Å². The third kappa shape index (κ3) is 4.82. The van der Waals surface area contributed by atoms with E-state index in [-0.39, 0.29) is 18.2 Å². The predicted octanol–water partition coefficient (Wildman–Crippen LogP) is 3.53. The van der Waals surface area contributed by atoms with E-state index < -0.39 is 0 Å². The topological polar surface area (TPSA) is 21.3 Å². The Kier molecular flexibility index (Phi) is 6.23. The molecule has 0 spiro atoms. The Morgan fingerprint density at radius 2 is 2.18 bits per heavy atom. The van der Waals surface area contributed by atoms with Gasteiger partial charge in [0.25, 0.3) is 0 Å². The van der Waals surface area contributed by atoms with Gasteiger partial charge in [0.2, 0.25) is 0 Å². The second-order valence-corrected chi connectivity index (χ2v) is 4.98. The van der Waals surface area contributed by atoms with E-state index >= 15 is 0 Å². The van der Waals surface area contributed by atoms with Crippen molar-refractivity contribution in [3.05, 3.63) is 28.5 Å². The molecule has 0 saturated carbocycles. The minimum absolute atomic E-state index is 0. The largest absolute Gasteiger partial charge is 0.492 e. The van der Waals surface area contributed by atoms with Crippen LogP contribution in [0.2, 0.25) is 0 Å². The van der Waals surface area contributed by atoms with Gasteiger partial charge in [-0.3, -0.25) is 0 Å². The Morgan fingerprint density at radius 3 is 2.82 bits per heavy atom. The fourth-order valence-electron chi connectivity index (χ4n) is 1.87. The SMILES string of the molecule is Cl.Fc1cc(Br)cc(OC[C@H]2CCCCN2)c1. The van der Waals surface area contributed by atoms with Crippen molar-refractivity contribution in [1.82, 2.24) is 5.32 Å². The van der Waals surface area contributed by atoms with Crippen molar-refractivity contribution in [3.63, 3.8) is 0 Å². The van der Waals surface area contributed by atoms with Gasteiger partial charge in [-0.25, -0.2) is 4.39 Å². The lowest BCUT2D eigenvalue weighted by Gasteiger charge is -2.23. The van der Waals surface area contributed by atoms with Crippen molar-refractivity contribution in [3.8, 4) is 5.75 Å². The van der Waals surface area contributed by atoms with E-state index in [2.05, 4.69) is 21.2 Å². The van der Waals surface area contributed by atoms with Crippen LogP contribution in [0.15, 0.2) is 22.7 Å². The Balaban J connectivity index is 0.00000144. The molecule has 1 N–H and O–H groups in total. The minimum atomic E-state index is -0.277. The van der Waals surface area contributed by atoms with Gasteiger partial charge < -0.3 is 10.1 Å². The first-order chi connectivity index (χ1) is 7.74. The van der Waals surface area contributed by atoms with Gasteiger partial charge in [-0.05, 0) is 31.5 Å². The molecule has 1 fully saturated rings. The van der Waals surface area contributed by atoms with Crippen LogP contribution in [0.1, 0.15) is 19.3 Å². The van der Waals surface area contributed by atoms with Gasteiger partial charge in [-0.15, -0.1) is 12.4 Å². The van der Waals surface area contributed by atoms with Crippen LogP contribution in [0, 0.1) is 5.82 Å². The molecule has 0 unspecified atom stereocenters. The van der Waals surface area contributed by atoms with Crippen LogP contribution in [-0.2, 0) is 0 Å². The summed E-state index contributed by atoms with van der Waals surface area (Å²) in [7, 11) is 0. The maximum absolute atomic E-state index is 13.1. The lowest BCUT2D eigenvalue weighted by atomic mass is 10.1. The summed E-state index contributed by atoms with van der Waals surface area (Å²) in [5, 5.41) is 3.39. The third-order valence-corrected chi connectivity index (χ3v) is 3.16. The predicted molar refractivity (Wildman–Crippen MR) is 72.5 cm³/mol. The first-order valence-electron chi connectivity index (χ1n) is 5.56. The molecular formula is C12H16BrClFNO. The Morgan fingerprint density at radius 1 is 1.35 bits per heavy atom. The third-order valence-electron chi connectivity index (χ3n) is 2.70. The molecule has 2 rings (SSSR count). The molecule has 1 aromatic carbocycles. The number of rotatable bonds is 3. The van der Waals surface area contributed by atoms with Gasteiger partial charge in [0.05, 0.1) is 0 Å². The highest BCUT2D eigenvalue weighted by Crippen LogP contribution is 2.21. The Labute approximate surface area is 115 Å². The molecule has 0 bridgehead atoms. The van der Waals surface area contributed by atoms with Crippen molar-refractivity contribution in [2.24, 2.45) is 0 Å². The van der Waals surface area contributed by atoms with Gasteiger partial charge in [-0.2, -0.15) is 0 Å². The lowest BCUT2D eigenvalue weighted by Crippen LogP contribution is -2.38. The average molecular weight is 325 g/mol. The minimum Gasteiger partial charge on any atom is -0.492 e. The molecule has 0 aromatic heterocycles.